The van der Waals surface area contributed by atoms with Crippen LogP contribution in [0.3, 0.4) is 0 Å². The molecule has 2 atom stereocenters. The molecule has 0 amide bonds. The van der Waals surface area contributed by atoms with Crippen LogP contribution in [-0.4, -0.2) is 6.04 Å². The number of hydrogen-bond donors (Lipinski definition) is 1. The van der Waals surface area contributed by atoms with Crippen molar-refractivity contribution in [3.8, 4) is 0 Å². The second kappa shape index (κ2) is 5.75. The molecule has 0 aliphatic heterocycles. The van der Waals surface area contributed by atoms with Crippen molar-refractivity contribution >= 4 is 11.3 Å². The van der Waals surface area contributed by atoms with E-state index in [1.54, 1.807) is 0 Å². The minimum Gasteiger partial charge on any atom is -0.309 e. The topological polar surface area (TPSA) is 12.0 Å². The molecule has 1 fully saturated rings. The van der Waals surface area contributed by atoms with Gasteiger partial charge in [-0.15, -0.1) is 11.3 Å². The zero-order valence-corrected chi connectivity index (χ0v) is 13.1. The summed E-state index contributed by atoms with van der Waals surface area (Å²) in [5.74, 6) is 0.825. The Kier molecular flexibility index (Phi) is 4.50. The first kappa shape index (κ1) is 14.1. The molecule has 1 aliphatic rings. The highest BCUT2D eigenvalue weighted by Crippen LogP contribution is 2.38. The second-order valence-corrected chi connectivity index (χ2v) is 7.77. The zero-order valence-electron chi connectivity index (χ0n) is 12.3. The fourth-order valence-corrected chi connectivity index (χ4v) is 4.08. The van der Waals surface area contributed by atoms with Gasteiger partial charge in [-0.1, -0.05) is 33.6 Å². The van der Waals surface area contributed by atoms with Gasteiger partial charge in [0, 0.05) is 17.5 Å². The molecule has 0 radical (unpaired) electrons. The first-order valence-corrected chi connectivity index (χ1v) is 8.13. The third-order valence-electron chi connectivity index (χ3n) is 4.37. The van der Waals surface area contributed by atoms with Gasteiger partial charge in [0.2, 0.25) is 0 Å². The number of rotatable bonds is 3. The Bertz CT molecular complexity index is 375. The summed E-state index contributed by atoms with van der Waals surface area (Å²) in [6.45, 7) is 10.5. The lowest BCUT2D eigenvalue weighted by molar-refractivity contribution is 0.130. The molecule has 102 valence electrons. The van der Waals surface area contributed by atoms with E-state index in [-0.39, 0.29) is 0 Å². The monoisotopic (exact) mass is 265 g/mol. The van der Waals surface area contributed by atoms with Gasteiger partial charge in [-0.3, -0.25) is 0 Å². The van der Waals surface area contributed by atoms with Crippen molar-refractivity contribution in [3.63, 3.8) is 0 Å². The van der Waals surface area contributed by atoms with Crippen molar-refractivity contribution in [2.24, 2.45) is 11.3 Å². The fraction of sp³-hybridized carbons (Fsp3) is 0.750. The largest absolute Gasteiger partial charge is 0.309 e. The highest BCUT2D eigenvalue weighted by atomic mass is 32.1. The fourth-order valence-electron chi connectivity index (χ4n) is 3.22. The summed E-state index contributed by atoms with van der Waals surface area (Å²) in [5.41, 5.74) is 1.87. The molecule has 1 saturated carbocycles. The zero-order chi connectivity index (χ0) is 13.2. The van der Waals surface area contributed by atoms with Crippen molar-refractivity contribution < 1.29 is 0 Å². The molecule has 1 heterocycles. The number of aryl methyl sites for hydroxylation is 1. The summed E-state index contributed by atoms with van der Waals surface area (Å²) in [6.07, 6.45) is 5.56. The lowest BCUT2D eigenvalue weighted by atomic mass is 9.69. The molecule has 2 heteroatoms. The van der Waals surface area contributed by atoms with Crippen LogP contribution >= 0.6 is 11.3 Å². The van der Waals surface area contributed by atoms with E-state index >= 15 is 0 Å². The maximum Gasteiger partial charge on any atom is 0.0305 e. The molecule has 0 bridgehead atoms. The van der Waals surface area contributed by atoms with E-state index in [2.05, 4.69) is 44.5 Å². The minimum atomic E-state index is 0.433. The van der Waals surface area contributed by atoms with Crippen molar-refractivity contribution in [1.29, 1.82) is 0 Å². The van der Waals surface area contributed by atoms with Gasteiger partial charge in [-0.05, 0) is 48.1 Å². The van der Waals surface area contributed by atoms with Crippen molar-refractivity contribution in [2.75, 3.05) is 0 Å². The molecule has 1 nitrogen and oxygen atoms in total. The third-order valence-corrected chi connectivity index (χ3v) is 5.39. The standard InChI is InChI=1S/C16H27NS/c1-12-9-10-18-15(12)11-17-14-8-6-5-7-13(14)16(2,3)4/h9-10,13-14,17H,5-8,11H2,1-4H3. The van der Waals surface area contributed by atoms with Gasteiger partial charge < -0.3 is 5.32 Å². The molecule has 2 rings (SSSR count). The van der Waals surface area contributed by atoms with Gasteiger partial charge in [-0.2, -0.15) is 0 Å². The van der Waals surface area contributed by atoms with E-state index in [9.17, 15) is 0 Å². The quantitative estimate of drug-likeness (QED) is 0.831. The smallest absolute Gasteiger partial charge is 0.0305 e. The summed E-state index contributed by atoms with van der Waals surface area (Å²) < 4.78 is 0. The van der Waals surface area contributed by atoms with Gasteiger partial charge in [0.05, 0.1) is 0 Å². The molecule has 1 aromatic heterocycles. The molecule has 0 spiro atoms. The van der Waals surface area contributed by atoms with Gasteiger partial charge in [-0.25, -0.2) is 0 Å². The van der Waals surface area contributed by atoms with Crippen molar-refractivity contribution in [3.05, 3.63) is 21.9 Å². The maximum atomic E-state index is 3.83. The SMILES string of the molecule is Cc1ccsc1CNC1CCCCC1C(C)(C)C. The number of thiophene rings is 1. The lowest BCUT2D eigenvalue weighted by Gasteiger charge is -2.41. The Labute approximate surface area is 116 Å². The first-order valence-electron chi connectivity index (χ1n) is 7.25. The predicted octanol–water partition coefficient (Wildman–Crippen LogP) is 4.75. The molecule has 18 heavy (non-hydrogen) atoms. The highest BCUT2D eigenvalue weighted by Gasteiger charge is 2.33. The highest BCUT2D eigenvalue weighted by molar-refractivity contribution is 7.10. The molecular weight excluding hydrogens is 238 g/mol. The summed E-state index contributed by atoms with van der Waals surface area (Å²) >= 11 is 1.88. The summed E-state index contributed by atoms with van der Waals surface area (Å²) in [4.78, 5) is 1.51. The predicted molar refractivity (Wildman–Crippen MR) is 81.1 cm³/mol. The van der Waals surface area contributed by atoms with Crippen LogP contribution in [0.15, 0.2) is 11.4 Å². The number of hydrogen-bond acceptors (Lipinski definition) is 2. The summed E-state index contributed by atoms with van der Waals surface area (Å²) in [6, 6.07) is 2.93. The Balaban J connectivity index is 1.96. The van der Waals surface area contributed by atoms with Crippen molar-refractivity contribution in [2.45, 2.75) is 66.0 Å². The lowest BCUT2D eigenvalue weighted by Crippen LogP contribution is -2.43. The van der Waals surface area contributed by atoms with Crippen LogP contribution in [0, 0.1) is 18.3 Å². The normalized spacial score (nSPS) is 25.3. The second-order valence-electron chi connectivity index (χ2n) is 6.77. The Morgan fingerprint density at radius 1 is 1.28 bits per heavy atom. The molecule has 1 N–H and O–H groups in total. The summed E-state index contributed by atoms with van der Waals surface area (Å²) in [5, 5.41) is 6.03. The van der Waals surface area contributed by atoms with Gasteiger partial charge in [0.1, 0.15) is 0 Å². The molecule has 1 aromatic rings. The first-order chi connectivity index (χ1) is 8.48. The van der Waals surface area contributed by atoms with Crippen LogP contribution in [-0.2, 0) is 6.54 Å². The Morgan fingerprint density at radius 3 is 2.61 bits per heavy atom. The third kappa shape index (κ3) is 3.36. The van der Waals surface area contributed by atoms with E-state index in [0.717, 1.165) is 12.5 Å². The van der Waals surface area contributed by atoms with E-state index in [1.165, 1.54) is 36.1 Å². The van der Waals surface area contributed by atoms with Crippen LogP contribution in [0.5, 0.6) is 0 Å². The molecule has 2 unspecified atom stereocenters. The molecule has 0 saturated heterocycles. The average Bonchev–Trinajstić information content (AvgIpc) is 2.71. The number of nitrogens with one attached hydrogen (secondary N) is 1. The molecule has 0 aromatic carbocycles. The molecular formula is C16H27NS. The Hall–Kier alpha value is -0.340. The van der Waals surface area contributed by atoms with Crippen LogP contribution in [0.1, 0.15) is 56.9 Å². The van der Waals surface area contributed by atoms with Crippen LogP contribution < -0.4 is 5.32 Å². The minimum absolute atomic E-state index is 0.433. The van der Waals surface area contributed by atoms with Gasteiger partial charge in [0.15, 0.2) is 0 Å². The van der Waals surface area contributed by atoms with E-state index in [4.69, 9.17) is 0 Å². The molecule has 1 aliphatic carbocycles. The van der Waals surface area contributed by atoms with E-state index in [0.29, 0.717) is 11.5 Å². The Morgan fingerprint density at radius 2 is 2.00 bits per heavy atom. The van der Waals surface area contributed by atoms with Crippen LogP contribution in [0.4, 0.5) is 0 Å². The van der Waals surface area contributed by atoms with Gasteiger partial charge >= 0.3 is 0 Å². The van der Waals surface area contributed by atoms with Gasteiger partial charge in [0.25, 0.3) is 0 Å². The van der Waals surface area contributed by atoms with Crippen molar-refractivity contribution in [1.82, 2.24) is 5.32 Å². The van der Waals surface area contributed by atoms with Crippen LogP contribution in [0.25, 0.3) is 0 Å². The van der Waals surface area contributed by atoms with E-state index in [1.807, 2.05) is 11.3 Å². The van der Waals surface area contributed by atoms with Crippen LogP contribution in [0.2, 0.25) is 0 Å². The van der Waals surface area contributed by atoms with E-state index < -0.39 is 0 Å². The average molecular weight is 265 g/mol. The maximum absolute atomic E-state index is 3.83. The summed E-state index contributed by atoms with van der Waals surface area (Å²) in [7, 11) is 0.